The van der Waals surface area contributed by atoms with E-state index in [-0.39, 0.29) is 23.5 Å². The number of hydrogen-bond acceptors (Lipinski definition) is 3. The average molecular weight is 482 g/mol. The normalized spacial score (nSPS) is 16.6. The minimum absolute atomic E-state index is 0.0542. The molecule has 0 spiro atoms. The summed E-state index contributed by atoms with van der Waals surface area (Å²) in [4.78, 5) is 5.27. The number of rotatable bonds is 5. The number of anilines is 1. The van der Waals surface area contributed by atoms with Crippen molar-refractivity contribution in [1.82, 2.24) is 4.98 Å². The van der Waals surface area contributed by atoms with Crippen molar-refractivity contribution in [1.29, 1.82) is 0 Å². The number of alkyl halides is 6. The van der Waals surface area contributed by atoms with Crippen molar-refractivity contribution in [3.63, 3.8) is 0 Å². The highest BCUT2D eigenvalue weighted by Gasteiger charge is 2.38. The fourth-order valence-corrected chi connectivity index (χ4v) is 4.69. The van der Waals surface area contributed by atoms with Crippen LogP contribution in [0, 0.1) is 0 Å². The summed E-state index contributed by atoms with van der Waals surface area (Å²) in [6.07, 6.45) is -6.51. The quantitative estimate of drug-likeness (QED) is 0.393. The van der Waals surface area contributed by atoms with Crippen molar-refractivity contribution < 1.29 is 31.4 Å². The van der Waals surface area contributed by atoms with Crippen molar-refractivity contribution in [3.05, 3.63) is 71.4 Å². The van der Waals surface area contributed by atoms with Crippen molar-refractivity contribution in [2.45, 2.75) is 56.6 Å². The number of hydrogen-bond donors (Lipinski definition) is 1. The Kier molecular flexibility index (Phi) is 6.75. The smallest absolute Gasteiger partial charge is 0.387 e. The molecule has 3 nitrogen and oxygen atoms in total. The summed E-state index contributed by atoms with van der Waals surface area (Å²) >= 11 is 0. The largest absolute Gasteiger partial charge is 0.433 e. The Hall–Kier alpha value is -2.81. The Balaban J connectivity index is 1.81. The zero-order valence-electron chi connectivity index (χ0n) is 18.2. The van der Waals surface area contributed by atoms with E-state index < -0.39 is 35.2 Å². The average Bonchev–Trinajstić information content (AvgIpc) is 2.81. The third kappa shape index (κ3) is 5.14. The van der Waals surface area contributed by atoms with Crippen LogP contribution in [-0.2, 0) is 12.4 Å². The Bertz CT molecular complexity index is 1120. The molecule has 1 saturated carbocycles. The van der Waals surface area contributed by atoms with E-state index in [1.807, 2.05) is 35.2 Å². The number of aromatic nitrogens is 1. The molecule has 1 aliphatic rings. The molecule has 0 radical (unpaired) electrons. The molecule has 0 aliphatic heterocycles. The van der Waals surface area contributed by atoms with Gasteiger partial charge in [-0.25, -0.2) is 4.98 Å². The topological polar surface area (TPSA) is 36.4 Å². The molecule has 1 aromatic heterocycles. The monoisotopic (exact) mass is 482 g/mol. The zero-order chi connectivity index (χ0) is 24.5. The van der Waals surface area contributed by atoms with Crippen molar-refractivity contribution in [3.8, 4) is 0 Å². The molecular formula is C25H24F6N2O. The van der Waals surface area contributed by atoms with Crippen LogP contribution in [0.2, 0.25) is 0 Å². The molecule has 1 N–H and O–H groups in total. The number of para-hydroxylation sites is 2. The van der Waals surface area contributed by atoms with Gasteiger partial charge in [0, 0.05) is 23.7 Å². The maximum absolute atomic E-state index is 13.6. The van der Waals surface area contributed by atoms with Crippen molar-refractivity contribution >= 4 is 16.6 Å². The van der Waals surface area contributed by atoms with Gasteiger partial charge < -0.3 is 10.0 Å². The molecule has 2 aromatic carbocycles. The zero-order valence-corrected chi connectivity index (χ0v) is 18.2. The Labute approximate surface area is 193 Å². The third-order valence-corrected chi connectivity index (χ3v) is 6.30. The molecule has 1 fully saturated rings. The fraction of sp³-hybridized carbons (Fsp3) is 0.400. The molecule has 1 heterocycles. The summed E-state index contributed by atoms with van der Waals surface area (Å²) in [6, 6.07) is 13.0. The van der Waals surface area contributed by atoms with Crippen molar-refractivity contribution in [2.24, 2.45) is 0 Å². The number of benzene rings is 2. The van der Waals surface area contributed by atoms with E-state index in [9.17, 15) is 31.4 Å². The van der Waals surface area contributed by atoms with Gasteiger partial charge in [-0.15, -0.1) is 0 Å². The van der Waals surface area contributed by atoms with Crippen LogP contribution < -0.4 is 4.90 Å². The van der Waals surface area contributed by atoms with Gasteiger partial charge >= 0.3 is 12.4 Å². The van der Waals surface area contributed by atoms with Crippen LogP contribution >= 0.6 is 0 Å². The summed E-state index contributed by atoms with van der Waals surface area (Å²) in [5.74, 6) is 0. The van der Waals surface area contributed by atoms with Crippen LogP contribution in [-0.4, -0.2) is 22.7 Å². The predicted octanol–water partition coefficient (Wildman–Crippen LogP) is 7.15. The van der Waals surface area contributed by atoms with Crippen LogP contribution in [0.1, 0.15) is 55.0 Å². The number of aliphatic hydroxyl groups is 1. The first-order valence-electron chi connectivity index (χ1n) is 11.1. The van der Waals surface area contributed by atoms with E-state index in [0.717, 1.165) is 43.9 Å². The minimum Gasteiger partial charge on any atom is -0.387 e. The molecule has 1 unspecified atom stereocenters. The van der Waals surface area contributed by atoms with Crippen LogP contribution in [0.5, 0.6) is 0 Å². The molecule has 9 heteroatoms. The lowest BCUT2D eigenvalue weighted by atomic mass is 9.92. The van der Waals surface area contributed by atoms with Crippen molar-refractivity contribution in [2.75, 3.05) is 11.4 Å². The molecule has 1 atom stereocenters. The fourth-order valence-electron chi connectivity index (χ4n) is 4.69. The van der Waals surface area contributed by atoms with Crippen LogP contribution in [0.3, 0.4) is 0 Å². The Morgan fingerprint density at radius 2 is 1.56 bits per heavy atom. The number of nitrogens with zero attached hydrogens (tertiary/aromatic N) is 2. The van der Waals surface area contributed by atoms with E-state index in [1.165, 1.54) is 6.07 Å². The lowest BCUT2D eigenvalue weighted by molar-refractivity contribution is -0.142. The van der Waals surface area contributed by atoms with Gasteiger partial charge in [0.05, 0.1) is 17.2 Å². The van der Waals surface area contributed by atoms with E-state index in [4.69, 9.17) is 0 Å². The summed E-state index contributed by atoms with van der Waals surface area (Å²) in [7, 11) is 0. The van der Waals surface area contributed by atoms with Crippen LogP contribution in [0.25, 0.3) is 10.9 Å². The van der Waals surface area contributed by atoms with Gasteiger partial charge in [0.25, 0.3) is 0 Å². The summed E-state index contributed by atoms with van der Waals surface area (Å²) in [5, 5.41) is 11.0. The highest BCUT2D eigenvalue weighted by molar-refractivity contribution is 5.86. The number of aliphatic hydroxyl groups excluding tert-OH is 1. The molecule has 0 bridgehead atoms. The Morgan fingerprint density at radius 1 is 0.882 bits per heavy atom. The van der Waals surface area contributed by atoms with E-state index >= 15 is 0 Å². The van der Waals surface area contributed by atoms with Crippen LogP contribution in [0.4, 0.5) is 32.0 Å². The Morgan fingerprint density at radius 3 is 2.18 bits per heavy atom. The van der Waals surface area contributed by atoms with Gasteiger partial charge in [0.1, 0.15) is 5.69 Å². The van der Waals surface area contributed by atoms with E-state index in [0.29, 0.717) is 12.1 Å². The lowest BCUT2D eigenvalue weighted by Gasteiger charge is -2.37. The first-order valence-corrected chi connectivity index (χ1v) is 11.1. The second kappa shape index (κ2) is 9.44. The number of pyridine rings is 1. The predicted molar refractivity (Wildman–Crippen MR) is 117 cm³/mol. The molecule has 4 rings (SSSR count). The first kappa shape index (κ1) is 24.3. The third-order valence-electron chi connectivity index (χ3n) is 6.30. The van der Waals surface area contributed by atoms with Gasteiger partial charge in [-0.1, -0.05) is 49.6 Å². The molecular weight excluding hydrogens is 458 g/mol. The van der Waals surface area contributed by atoms with E-state index in [2.05, 4.69) is 4.98 Å². The molecule has 0 amide bonds. The maximum Gasteiger partial charge on any atom is 0.433 e. The van der Waals surface area contributed by atoms with Gasteiger partial charge in [-0.2, -0.15) is 26.3 Å². The maximum atomic E-state index is 13.6. The molecule has 182 valence electrons. The second-order valence-electron chi connectivity index (χ2n) is 8.59. The second-order valence-corrected chi connectivity index (χ2v) is 8.59. The highest BCUT2D eigenvalue weighted by atomic mass is 19.4. The SMILES string of the molecule is OC(CN(c1ccccc1)C1CCCCC1)c1cc(C(F)(F)F)nc2c(C(F)(F)F)cccc12. The summed E-state index contributed by atoms with van der Waals surface area (Å²) < 4.78 is 81.4. The standard InChI is InChI=1S/C25H24F6N2O/c26-24(27,28)20-13-7-12-18-19(14-22(25(29,30)31)32-23(18)20)21(34)15-33(16-8-3-1-4-9-16)17-10-5-2-6-11-17/h1,3-4,7-9,12-14,17,21,34H,2,5-6,10-11,15H2. The molecule has 0 saturated heterocycles. The summed E-state index contributed by atoms with van der Waals surface area (Å²) in [6.45, 7) is -0.0542. The molecule has 3 aromatic rings. The number of halogens is 6. The number of fused-ring (bicyclic) bond motifs is 1. The van der Waals surface area contributed by atoms with E-state index in [1.54, 1.807) is 0 Å². The summed E-state index contributed by atoms with van der Waals surface area (Å²) in [5.41, 5.74) is -2.96. The van der Waals surface area contributed by atoms with Gasteiger partial charge in [-0.3, -0.25) is 0 Å². The molecule has 34 heavy (non-hydrogen) atoms. The van der Waals surface area contributed by atoms with Gasteiger partial charge in [0.15, 0.2) is 0 Å². The lowest BCUT2D eigenvalue weighted by Crippen LogP contribution is -2.39. The minimum atomic E-state index is -4.97. The van der Waals surface area contributed by atoms with Gasteiger partial charge in [0.2, 0.25) is 0 Å². The van der Waals surface area contributed by atoms with Gasteiger partial charge in [-0.05, 0) is 42.7 Å². The first-order chi connectivity index (χ1) is 16.1. The molecule has 1 aliphatic carbocycles. The van der Waals surface area contributed by atoms with Crippen LogP contribution in [0.15, 0.2) is 54.6 Å². The highest BCUT2D eigenvalue weighted by Crippen LogP contribution is 2.39.